The second-order valence-corrected chi connectivity index (χ2v) is 8.13. The van der Waals surface area contributed by atoms with Gasteiger partial charge in [0.2, 0.25) is 0 Å². The number of hydrogen-bond donors (Lipinski definition) is 0. The average molecular weight is 402 g/mol. The lowest BCUT2D eigenvalue weighted by Crippen LogP contribution is -2.48. The van der Waals surface area contributed by atoms with Crippen LogP contribution < -0.4 is 4.74 Å². The van der Waals surface area contributed by atoms with E-state index in [9.17, 15) is 4.79 Å². The van der Waals surface area contributed by atoms with Gasteiger partial charge in [-0.1, -0.05) is 19.1 Å². The van der Waals surface area contributed by atoms with Crippen molar-refractivity contribution in [3.8, 4) is 5.75 Å². The third-order valence-corrected chi connectivity index (χ3v) is 6.45. The maximum atomic E-state index is 13.1. The summed E-state index contributed by atoms with van der Waals surface area (Å²) in [4.78, 5) is 15.5. The lowest BCUT2D eigenvalue weighted by Gasteiger charge is -2.42. The van der Waals surface area contributed by atoms with Gasteiger partial charge in [0.15, 0.2) is 5.78 Å². The van der Waals surface area contributed by atoms with Gasteiger partial charge in [-0.25, -0.2) is 0 Å². The Morgan fingerprint density at radius 2 is 1.90 bits per heavy atom. The molecule has 4 atom stereocenters. The maximum Gasteiger partial charge on any atom is 0.173 e. The van der Waals surface area contributed by atoms with Crippen LogP contribution in [0.3, 0.4) is 0 Å². The van der Waals surface area contributed by atoms with Crippen molar-refractivity contribution in [2.75, 3.05) is 46.6 Å². The minimum Gasteiger partial charge on any atom is -0.497 e. The Labute approximate surface area is 172 Å². The van der Waals surface area contributed by atoms with E-state index >= 15 is 0 Å². The lowest BCUT2D eigenvalue weighted by molar-refractivity contribution is -0.135. The van der Waals surface area contributed by atoms with Crippen LogP contribution in [0.4, 0.5) is 0 Å². The van der Waals surface area contributed by atoms with Crippen molar-refractivity contribution in [2.24, 2.45) is 11.8 Å². The molecule has 2 fully saturated rings. The first kappa shape index (κ1) is 20.4. The number of fused-ring (bicyclic) bond motifs is 1. The molecule has 0 bridgehead atoms. The molecule has 4 rings (SSSR count). The van der Waals surface area contributed by atoms with Crippen LogP contribution in [0.25, 0.3) is 5.57 Å². The first-order valence-electron chi connectivity index (χ1n) is 10.6. The Bertz CT molecular complexity index is 725. The number of allylic oxidation sites excluding steroid dienone is 1. The molecule has 0 spiro atoms. The van der Waals surface area contributed by atoms with Crippen molar-refractivity contribution >= 4 is 11.4 Å². The van der Waals surface area contributed by atoms with Crippen LogP contribution in [0.5, 0.6) is 5.75 Å². The molecule has 29 heavy (non-hydrogen) atoms. The molecule has 1 aromatic rings. The molecule has 3 aliphatic rings. The molecule has 0 radical (unpaired) electrons. The number of ether oxygens (including phenoxy) is 4. The second-order valence-electron chi connectivity index (χ2n) is 8.13. The summed E-state index contributed by atoms with van der Waals surface area (Å²) in [6.45, 7) is 7.37. The van der Waals surface area contributed by atoms with Crippen molar-refractivity contribution in [1.29, 1.82) is 0 Å². The van der Waals surface area contributed by atoms with E-state index in [0.717, 1.165) is 57.0 Å². The van der Waals surface area contributed by atoms with Crippen molar-refractivity contribution < 1.29 is 23.7 Å². The Morgan fingerprint density at radius 3 is 2.62 bits per heavy atom. The smallest absolute Gasteiger partial charge is 0.173 e. The first-order chi connectivity index (χ1) is 14.2. The predicted octanol–water partition coefficient (Wildman–Crippen LogP) is 2.77. The van der Waals surface area contributed by atoms with Crippen LogP contribution in [-0.4, -0.2) is 69.5 Å². The number of benzene rings is 1. The highest BCUT2D eigenvalue weighted by atomic mass is 16.5. The fourth-order valence-electron chi connectivity index (χ4n) is 4.63. The van der Waals surface area contributed by atoms with Crippen molar-refractivity contribution in [1.82, 2.24) is 4.90 Å². The van der Waals surface area contributed by atoms with Gasteiger partial charge in [0.05, 0.1) is 50.8 Å². The highest BCUT2D eigenvalue weighted by molar-refractivity contribution is 6.22. The SMILES string of the molecule is COc1ccc(C2=COC3C(CCC(OCCN4CCOCC4)C3C)C2=O)cc1. The fraction of sp³-hybridized carbons (Fsp3) is 0.609. The summed E-state index contributed by atoms with van der Waals surface area (Å²) < 4.78 is 22.9. The van der Waals surface area contributed by atoms with E-state index in [4.69, 9.17) is 18.9 Å². The molecule has 1 aliphatic carbocycles. The Hall–Kier alpha value is -1.89. The van der Waals surface area contributed by atoms with E-state index in [1.54, 1.807) is 13.4 Å². The third-order valence-electron chi connectivity index (χ3n) is 6.45. The summed E-state index contributed by atoms with van der Waals surface area (Å²) in [7, 11) is 1.64. The summed E-state index contributed by atoms with van der Waals surface area (Å²) in [5, 5.41) is 0. The van der Waals surface area contributed by atoms with E-state index in [0.29, 0.717) is 12.2 Å². The number of Topliss-reactive ketones (excluding diaryl/α,β-unsaturated/α-hetero) is 1. The number of morpholine rings is 1. The molecule has 158 valence electrons. The molecule has 4 unspecified atom stereocenters. The minimum absolute atomic E-state index is 0.0915. The van der Waals surface area contributed by atoms with Gasteiger partial charge < -0.3 is 18.9 Å². The molecule has 2 aliphatic heterocycles. The molecule has 0 aromatic heterocycles. The van der Waals surface area contributed by atoms with Gasteiger partial charge in [0.1, 0.15) is 11.9 Å². The number of methoxy groups -OCH3 is 1. The number of carbonyl (C=O) groups is 1. The molecular weight excluding hydrogens is 370 g/mol. The zero-order valence-electron chi connectivity index (χ0n) is 17.3. The lowest BCUT2D eigenvalue weighted by atomic mass is 9.73. The maximum absolute atomic E-state index is 13.1. The summed E-state index contributed by atoms with van der Waals surface area (Å²) >= 11 is 0. The van der Waals surface area contributed by atoms with Gasteiger partial charge in [-0.2, -0.15) is 0 Å². The normalized spacial score (nSPS) is 30.3. The van der Waals surface area contributed by atoms with Crippen molar-refractivity contribution in [3.05, 3.63) is 36.1 Å². The van der Waals surface area contributed by atoms with Crippen LogP contribution in [0.1, 0.15) is 25.3 Å². The van der Waals surface area contributed by atoms with Crippen LogP contribution in [-0.2, 0) is 19.0 Å². The highest BCUT2D eigenvalue weighted by Crippen LogP contribution is 2.40. The molecule has 6 nitrogen and oxygen atoms in total. The largest absolute Gasteiger partial charge is 0.497 e. The summed E-state index contributed by atoms with van der Waals surface area (Å²) in [5.74, 6) is 1.06. The zero-order valence-corrected chi connectivity index (χ0v) is 17.3. The van der Waals surface area contributed by atoms with Crippen LogP contribution in [0.2, 0.25) is 0 Å². The van der Waals surface area contributed by atoms with Crippen LogP contribution in [0, 0.1) is 11.8 Å². The number of nitrogens with zero attached hydrogens (tertiary/aromatic N) is 1. The predicted molar refractivity (Wildman–Crippen MR) is 110 cm³/mol. The van der Waals surface area contributed by atoms with Gasteiger partial charge in [-0.3, -0.25) is 9.69 Å². The number of carbonyl (C=O) groups excluding carboxylic acids is 1. The molecule has 2 heterocycles. The average Bonchev–Trinajstić information content (AvgIpc) is 2.77. The summed E-state index contributed by atoms with van der Waals surface area (Å²) in [6, 6.07) is 7.57. The van der Waals surface area contributed by atoms with Gasteiger partial charge in [0, 0.05) is 25.6 Å². The van der Waals surface area contributed by atoms with E-state index < -0.39 is 0 Å². The monoisotopic (exact) mass is 401 g/mol. The molecule has 0 amide bonds. The molecule has 1 saturated heterocycles. The molecular formula is C23H31NO5. The zero-order chi connectivity index (χ0) is 20.2. The number of ketones is 1. The van der Waals surface area contributed by atoms with Gasteiger partial charge in [0.25, 0.3) is 0 Å². The molecule has 1 saturated carbocycles. The van der Waals surface area contributed by atoms with Gasteiger partial charge in [-0.05, 0) is 30.5 Å². The van der Waals surface area contributed by atoms with E-state index in [1.165, 1.54) is 0 Å². The summed E-state index contributed by atoms with van der Waals surface area (Å²) in [6.07, 6.45) is 3.39. The topological polar surface area (TPSA) is 57.2 Å². The summed E-state index contributed by atoms with van der Waals surface area (Å²) in [5.41, 5.74) is 1.54. The van der Waals surface area contributed by atoms with Crippen LogP contribution in [0.15, 0.2) is 30.5 Å². The van der Waals surface area contributed by atoms with Gasteiger partial charge in [-0.15, -0.1) is 0 Å². The number of rotatable bonds is 6. The first-order valence-corrected chi connectivity index (χ1v) is 10.6. The van der Waals surface area contributed by atoms with E-state index in [2.05, 4.69) is 11.8 Å². The van der Waals surface area contributed by atoms with E-state index in [-0.39, 0.29) is 29.8 Å². The Balaban J connectivity index is 1.35. The highest BCUT2D eigenvalue weighted by Gasteiger charge is 2.45. The molecule has 6 heteroatoms. The van der Waals surface area contributed by atoms with Crippen molar-refractivity contribution in [2.45, 2.75) is 32.0 Å². The Morgan fingerprint density at radius 1 is 1.14 bits per heavy atom. The third kappa shape index (κ3) is 4.49. The molecule has 0 N–H and O–H groups in total. The van der Waals surface area contributed by atoms with Crippen LogP contribution >= 0.6 is 0 Å². The minimum atomic E-state index is -0.105. The van der Waals surface area contributed by atoms with Crippen molar-refractivity contribution in [3.63, 3.8) is 0 Å². The Kier molecular flexibility index (Phi) is 6.53. The fourth-order valence-corrected chi connectivity index (χ4v) is 4.63. The van der Waals surface area contributed by atoms with E-state index in [1.807, 2.05) is 24.3 Å². The molecule has 1 aromatic carbocycles. The van der Waals surface area contributed by atoms with Gasteiger partial charge >= 0.3 is 0 Å². The number of hydrogen-bond acceptors (Lipinski definition) is 6. The second kappa shape index (κ2) is 9.28. The standard InChI is InChI=1S/C23H31NO5/c1-16-21(28-14-11-24-9-12-27-13-10-24)8-7-19-22(25)20(15-29-23(16)19)17-3-5-18(26-2)6-4-17/h3-6,15-16,19,21,23H,7-14H2,1-2H3. The quantitative estimate of drug-likeness (QED) is 0.731.